The molecule has 1 aromatic carbocycles. The third-order valence-electron chi connectivity index (χ3n) is 2.16. The Balaban J connectivity index is 2.34. The van der Waals surface area contributed by atoms with E-state index in [1.54, 1.807) is 0 Å². The number of rotatable bonds is 3. The van der Waals surface area contributed by atoms with E-state index in [9.17, 15) is 13.2 Å². The second-order valence-electron chi connectivity index (χ2n) is 3.37. The molecule has 2 aromatic rings. The summed E-state index contributed by atoms with van der Waals surface area (Å²) in [6, 6.07) is 3.73. The van der Waals surface area contributed by atoms with Gasteiger partial charge in [0.05, 0.1) is 12.2 Å². The van der Waals surface area contributed by atoms with Crippen molar-refractivity contribution in [2.24, 2.45) is 0 Å². The lowest BCUT2D eigenvalue weighted by molar-refractivity contribution is -0.138. The lowest BCUT2D eigenvalue weighted by atomic mass is 10.1. The fraction of sp³-hybridized carbons (Fsp3) is 0.200. The zero-order valence-corrected chi connectivity index (χ0v) is 9.72. The smallest absolute Gasteiger partial charge is 0.392 e. The molecule has 96 valence electrons. The molecule has 0 aliphatic heterocycles. The van der Waals surface area contributed by atoms with Gasteiger partial charge in [-0.2, -0.15) is 18.3 Å². The van der Waals surface area contributed by atoms with E-state index >= 15 is 0 Å². The van der Waals surface area contributed by atoms with Gasteiger partial charge in [0.15, 0.2) is 5.16 Å². The van der Waals surface area contributed by atoms with Crippen molar-refractivity contribution < 1.29 is 18.3 Å². The maximum Gasteiger partial charge on any atom is 0.416 e. The van der Waals surface area contributed by atoms with E-state index in [-0.39, 0.29) is 5.56 Å². The minimum atomic E-state index is -4.49. The van der Waals surface area contributed by atoms with Crippen LogP contribution in [0, 0.1) is 0 Å². The van der Waals surface area contributed by atoms with Crippen LogP contribution in [0.4, 0.5) is 13.2 Å². The van der Waals surface area contributed by atoms with Crippen LogP contribution in [0.5, 0.6) is 0 Å². The second-order valence-corrected chi connectivity index (χ2v) is 4.43. The predicted molar refractivity (Wildman–Crippen MR) is 57.9 cm³/mol. The molecule has 0 atom stereocenters. The van der Waals surface area contributed by atoms with Gasteiger partial charge < -0.3 is 5.11 Å². The normalized spacial score (nSPS) is 11.8. The Bertz CT molecular complexity index is 528. The lowest BCUT2D eigenvalue weighted by Gasteiger charge is -2.12. The zero-order valence-electron chi connectivity index (χ0n) is 8.90. The first kappa shape index (κ1) is 12.9. The highest BCUT2D eigenvalue weighted by Crippen LogP contribution is 2.35. The SMILES string of the molecule is OCc1ccc(Sc2ncn[nH]2)cc1C(F)(F)F. The highest BCUT2D eigenvalue weighted by Gasteiger charge is 2.33. The molecule has 0 unspecified atom stereocenters. The van der Waals surface area contributed by atoms with Crippen LogP contribution < -0.4 is 0 Å². The van der Waals surface area contributed by atoms with Crippen LogP contribution in [0.3, 0.4) is 0 Å². The summed E-state index contributed by atoms with van der Waals surface area (Å²) >= 11 is 1.03. The van der Waals surface area contributed by atoms with Crippen LogP contribution in [0.25, 0.3) is 0 Å². The maximum atomic E-state index is 12.7. The van der Waals surface area contributed by atoms with Gasteiger partial charge in [0.25, 0.3) is 0 Å². The van der Waals surface area contributed by atoms with Gasteiger partial charge in [-0.1, -0.05) is 17.8 Å². The molecule has 0 fully saturated rings. The molecule has 0 bridgehead atoms. The Morgan fingerprint density at radius 2 is 2.11 bits per heavy atom. The second kappa shape index (κ2) is 4.99. The van der Waals surface area contributed by atoms with Gasteiger partial charge in [-0.15, -0.1) is 0 Å². The molecule has 4 nitrogen and oxygen atoms in total. The zero-order chi connectivity index (χ0) is 13.2. The van der Waals surface area contributed by atoms with Crippen LogP contribution in [0.15, 0.2) is 34.6 Å². The fourth-order valence-electron chi connectivity index (χ4n) is 1.38. The molecule has 0 radical (unpaired) electrons. The highest BCUT2D eigenvalue weighted by atomic mass is 32.2. The third kappa shape index (κ3) is 2.82. The number of hydrogen-bond donors (Lipinski definition) is 2. The number of aliphatic hydroxyl groups excluding tert-OH is 1. The minimum Gasteiger partial charge on any atom is -0.392 e. The van der Waals surface area contributed by atoms with Crippen molar-refractivity contribution in [3.8, 4) is 0 Å². The highest BCUT2D eigenvalue weighted by molar-refractivity contribution is 7.99. The lowest BCUT2D eigenvalue weighted by Crippen LogP contribution is -2.09. The van der Waals surface area contributed by atoms with E-state index < -0.39 is 18.3 Å². The van der Waals surface area contributed by atoms with Crippen LogP contribution in [-0.4, -0.2) is 20.3 Å². The summed E-state index contributed by atoms with van der Waals surface area (Å²) in [6.07, 6.45) is -3.22. The number of aliphatic hydroxyl groups is 1. The largest absolute Gasteiger partial charge is 0.416 e. The molecular formula is C10H8F3N3OS. The number of H-pyrrole nitrogens is 1. The Kier molecular flexibility index (Phi) is 3.58. The molecule has 2 N–H and O–H groups in total. The van der Waals surface area contributed by atoms with Gasteiger partial charge in [0.1, 0.15) is 6.33 Å². The monoisotopic (exact) mass is 275 g/mol. The topological polar surface area (TPSA) is 61.8 Å². The first-order chi connectivity index (χ1) is 8.50. The van der Waals surface area contributed by atoms with E-state index in [1.165, 1.54) is 18.5 Å². The fourth-order valence-corrected chi connectivity index (χ4v) is 2.11. The number of benzene rings is 1. The molecule has 0 aliphatic carbocycles. The average Bonchev–Trinajstić information content (AvgIpc) is 2.80. The summed E-state index contributed by atoms with van der Waals surface area (Å²) in [6.45, 7) is -0.651. The van der Waals surface area contributed by atoms with Crippen molar-refractivity contribution in [3.05, 3.63) is 35.7 Å². The number of halogens is 3. The quantitative estimate of drug-likeness (QED) is 0.903. The predicted octanol–water partition coefficient (Wildman–Crippen LogP) is 2.47. The number of nitrogens with zero attached hydrogens (tertiary/aromatic N) is 2. The van der Waals surface area contributed by atoms with E-state index in [0.717, 1.165) is 17.8 Å². The van der Waals surface area contributed by atoms with Crippen molar-refractivity contribution in [1.29, 1.82) is 0 Å². The van der Waals surface area contributed by atoms with Crippen molar-refractivity contribution >= 4 is 11.8 Å². The van der Waals surface area contributed by atoms with Gasteiger partial charge >= 0.3 is 6.18 Å². The minimum absolute atomic E-state index is 0.149. The van der Waals surface area contributed by atoms with Gasteiger partial charge in [0, 0.05) is 4.90 Å². The first-order valence-corrected chi connectivity index (χ1v) is 5.66. The number of aromatic nitrogens is 3. The van der Waals surface area contributed by atoms with Crippen LogP contribution in [0.2, 0.25) is 0 Å². The molecule has 1 heterocycles. The summed E-state index contributed by atoms with van der Waals surface area (Å²) in [5.41, 5.74) is -0.987. The average molecular weight is 275 g/mol. The van der Waals surface area contributed by atoms with Gasteiger partial charge in [-0.25, -0.2) is 4.98 Å². The molecule has 1 aromatic heterocycles. The molecule has 0 amide bonds. The molecule has 0 aliphatic rings. The van der Waals surface area contributed by atoms with Crippen molar-refractivity contribution in [1.82, 2.24) is 15.2 Å². The van der Waals surface area contributed by atoms with E-state index in [1.807, 2.05) is 0 Å². The summed E-state index contributed by atoms with van der Waals surface area (Å²) < 4.78 is 38.2. The van der Waals surface area contributed by atoms with Crippen LogP contribution >= 0.6 is 11.8 Å². The van der Waals surface area contributed by atoms with Crippen LogP contribution in [0.1, 0.15) is 11.1 Å². The van der Waals surface area contributed by atoms with Crippen molar-refractivity contribution in [2.45, 2.75) is 22.8 Å². The van der Waals surface area contributed by atoms with Crippen molar-refractivity contribution in [2.75, 3.05) is 0 Å². The third-order valence-corrected chi connectivity index (χ3v) is 3.04. The number of nitrogens with one attached hydrogen (secondary N) is 1. The molecule has 8 heteroatoms. The molecule has 0 spiro atoms. The van der Waals surface area contributed by atoms with Gasteiger partial charge in [-0.05, 0) is 17.7 Å². The van der Waals surface area contributed by atoms with Gasteiger partial charge in [0.2, 0.25) is 0 Å². The van der Waals surface area contributed by atoms with E-state index in [4.69, 9.17) is 5.11 Å². The molecular weight excluding hydrogens is 267 g/mol. The Hall–Kier alpha value is -1.54. The summed E-state index contributed by atoms with van der Waals surface area (Å²) in [5.74, 6) is 0. The van der Waals surface area contributed by atoms with Crippen molar-refractivity contribution in [3.63, 3.8) is 0 Å². The standard InChI is InChI=1S/C10H8F3N3OS/c11-10(12,13)8-3-7(2-1-6(8)4-17)18-9-14-5-15-16-9/h1-3,5,17H,4H2,(H,14,15,16). The number of hydrogen-bond acceptors (Lipinski definition) is 4. The van der Waals surface area contributed by atoms with E-state index in [0.29, 0.717) is 10.1 Å². The van der Waals surface area contributed by atoms with E-state index in [2.05, 4.69) is 15.2 Å². The summed E-state index contributed by atoms with van der Waals surface area (Å²) in [4.78, 5) is 4.18. The van der Waals surface area contributed by atoms with Gasteiger partial charge in [-0.3, -0.25) is 5.10 Å². The summed E-state index contributed by atoms with van der Waals surface area (Å²) in [5, 5.41) is 15.4. The number of aromatic amines is 1. The first-order valence-electron chi connectivity index (χ1n) is 4.85. The molecule has 18 heavy (non-hydrogen) atoms. The Labute approximate surface area is 104 Å². The maximum absolute atomic E-state index is 12.7. The Morgan fingerprint density at radius 1 is 1.33 bits per heavy atom. The van der Waals surface area contributed by atoms with Crippen LogP contribution in [-0.2, 0) is 12.8 Å². The summed E-state index contributed by atoms with van der Waals surface area (Å²) in [7, 11) is 0. The Morgan fingerprint density at radius 3 is 2.67 bits per heavy atom. The molecule has 0 saturated heterocycles. The molecule has 2 rings (SSSR count). The number of alkyl halides is 3. The molecule has 0 saturated carbocycles.